The van der Waals surface area contributed by atoms with Crippen molar-refractivity contribution in [2.75, 3.05) is 26.2 Å². The molecule has 0 N–H and O–H groups in total. The molecule has 0 atom stereocenters. The standard InChI is InChI=1S/C20H25N3O2S/c1-18-7-5-10-20(21-18)17-22-12-6-13-23(15-14-22)26(24,25)16-11-19-8-3-2-4-9-19/h2-5,7-11,16H,6,12-15,17H2,1H3/b16-11+. The highest BCUT2D eigenvalue weighted by atomic mass is 32.2. The Morgan fingerprint density at radius 1 is 1.00 bits per heavy atom. The van der Waals surface area contributed by atoms with Gasteiger partial charge >= 0.3 is 0 Å². The summed E-state index contributed by atoms with van der Waals surface area (Å²) in [5.41, 5.74) is 2.93. The molecule has 26 heavy (non-hydrogen) atoms. The summed E-state index contributed by atoms with van der Waals surface area (Å²) in [5, 5.41) is 1.32. The van der Waals surface area contributed by atoms with E-state index in [4.69, 9.17) is 0 Å². The highest BCUT2D eigenvalue weighted by molar-refractivity contribution is 7.92. The van der Waals surface area contributed by atoms with Crippen LogP contribution >= 0.6 is 0 Å². The molecule has 1 aromatic carbocycles. The molecule has 1 fully saturated rings. The smallest absolute Gasteiger partial charge is 0.236 e. The SMILES string of the molecule is Cc1cccc(CN2CCCN(S(=O)(=O)/C=C/c3ccccc3)CC2)n1. The zero-order chi connectivity index (χ0) is 18.4. The lowest BCUT2D eigenvalue weighted by atomic mass is 10.2. The van der Waals surface area contributed by atoms with Gasteiger partial charge in [0.15, 0.2) is 0 Å². The lowest BCUT2D eigenvalue weighted by Crippen LogP contribution is -2.34. The fourth-order valence-corrected chi connectivity index (χ4v) is 4.31. The van der Waals surface area contributed by atoms with Crippen LogP contribution in [0.1, 0.15) is 23.4 Å². The zero-order valence-corrected chi connectivity index (χ0v) is 15.9. The Morgan fingerprint density at radius 3 is 2.58 bits per heavy atom. The third-order valence-corrected chi connectivity index (χ3v) is 6.04. The van der Waals surface area contributed by atoms with E-state index in [1.807, 2.05) is 55.5 Å². The number of sulfonamides is 1. The van der Waals surface area contributed by atoms with E-state index >= 15 is 0 Å². The minimum absolute atomic E-state index is 0.507. The number of aryl methyl sites for hydroxylation is 1. The molecule has 2 heterocycles. The molecular weight excluding hydrogens is 346 g/mol. The van der Waals surface area contributed by atoms with Gasteiger partial charge in [0.2, 0.25) is 10.0 Å². The molecule has 5 nitrogen and oxygen atoms in total. The number of pyridine rings is 1. The van der Waals surface area contributed by atoms with Gasteiger partial charge in [-0.1, -0.05) is 36.4 Å². The lowest BCUT2D eigenvalue weighted by molar-refractivity contribution is 0.275. The monoisotopic (exact) mass is 371 g/mol. The number of nitrogens with zero attached hydrogens (tertiary/aromatic N) is 3. The molecular formula is C20H25N3O2S. The van der Waals surface area contributed by atoms with Gasteiger partial charge in [0.25, 0.3) is 0 Å². The van der Waals surface area contributed by atoms with Crippen LogP contribution in [-0.2, 0) is 16.6 Å². The largest absolute Gasteiger partial charge is 0.296 e. The molecule has 1 aliphatic heterocycles. The van der Waals surface area contributed by atoms with Crippen LogP contribution in [0.5, 0.6) is 0 Å². The molecule has 0 bridgehead atoms. The summed E-state index contributed by atoms with van der Waals surface area (Å²) in [6, 6.07) is 15.5. The Morgan fingerprint density at radius 2 is 1.81 bits per heavy atom. The van der Waals surface area contributed by atoms with Crippen molar-refractivity contribution in [3.05, 3.63) is 70.9 Å². The first kappa shape index (κ1) is 18.8. The van der Waals surface area contributed by atoms with E-state index in [1.165, 1.54) is 5.41 Å². The highest BCUT2D eigenvalue weighted by Crippen LogP contribution is 2.13. The number of hydrogen-bond donors (Lipinski definition) is 0. The average Bonchev–Trinajstić information content (AvgIpc) is 2.87. The third-order valence-electron chi connectivity index (χ3n) is 4.47. The second-order valence-corrected chi connectivity index (χ2v) is 8.38. The summed E-state index contributed by atoms with van der Waals surface area (Å²) >= 11 is 0. The molecule has 6 heteroatoms. The van der Waals surface area contributed by atoms with Crippen LogP contribution < -0.4 is 0 Å². The van der Waals surface area contributed by atoms with E-state index in [9.17, 15) is 8.42 Å². The Labute approximate surface area is 156 Å². The minimum atomic E-state index is -3.40. The first-order valence-corrected chi connectivity index (χ1v) is 10.4. The van der Waals surface area contributed by atoms with E-state index in [-0.39, 0.29) is 0 Å². The predicted molar refractivity (Wildman–Crippen MR) is 105 cm³/mol. The first-order chi connectivity index (χ1) is 12.5. The number of hydrogen-bond acceptors (Lipinski definition) is 4. The van der Waals surface area contributed by atoms with Gasteiger partial charge in [-0.15, -0.1) is 0 Å². The summed E-state index contributed by atoms with van der Waals surface area (Å²) in [4.78, 5) is 6.82. The second kappa shape index (κ2) is 8.58. The van der Waals surface area contributed by atoms with Crippen LogP contribution in [0.25, 0.3) is 6.08 Å². The maximum atomic E-state index is 12.6. The highest BCUT2D eigenvalue weighted by Gasteiger charge is 2.23. The van der Waals surface area contributed by atoms with Crippen molar-refractivity contribution in [2.45, 2.75) is 19.9 Å². The van der Waals surface area contributed by atoms with Gasteiger partial charge in [0.1, 0.15) is 0 Å². The molecule has 3 rings (SSSR count). The van der Waals surface area contributed by atoms with Crippen LogP contribution in [-0.4, -0.2) is 48.8 Å². The van der Waals surface area contributed by atoms with Gasteiger partial charge in [-0.2, -0.15) is 4.31 Å². The number of benzene rings is 1. The van der Waals surface area contributed by atoms with Crippen molar-refractivity contribution in [1.82, 2.24) is 14.2 Å². The van der Waals surface area contributed by atoms with E-state index in [0.717, 1.165) is 36.5 Å². The quantitative estimate of drug-likeness (QED) is 0.811. The van der Waals surface area contributed by atoms with Crippen molar-refractivity contribution < 1.29 is 8.42 Å². The normalized spacial score (nSPS) is 17.4. The Bertz CT molecular complexity index is 850. The lowest BCUT2D eigenvalue weighted by Gasteiger charge is -2.20. The Hall–Kier alpha value is -2.02. The van der Waals surface area contributed by atoms with Gasteiger partial charge in [-0.25, -0.2) is 8.42 Å². The third kappa shape index (κ3) is 5.24. The molecule has 2 aromatic rings. The van der Waals surface area contributed by atoms with E-state index < -0.39 is 10.0 Å². The van der Waals surface area contributed by atoms with E-state index in [1.54, 1.807) is 10.4 Å². The predicted octanol–water partition coefficient (Wildman–Crippen LogP) is 2.90. The fourth-order valence-electron chi connectivity index (χ4n) is 3.09. The van der Waals surface area contributed by atoms with Gasteiger partial charge in [0.05, 0.1) is 5.69 Å². The molecule has 1 aliphatic rings. The van der Waals surface area contributed by atoms with Gasteiger partial charge in [0, 0.05) is 37.3 Å². The van der Waals surface area contributed by atoms with Crippen molar-refractivity contribution in [1.29, 1.82) is 0 Å². The first-order valence-electron chi connectivity index (χ1n) is 8.91. The number of aromatic nitrogens is 1. The molecule has 0 unspecified atom stereocenters. The summed E-state index contributed by atoms with van der Waals surface area (Å²) < 4.78 is 26.8. The molecule has 0 spiro atoms. The molecule has 1 saturated heterocycles. The van der Waals surface area contributed by atoms with E-state index in [0.29, 0.717) is 19.6 Å². The molecule has 138 valence electrons. The maximum absolute atomic E-state index is 12.6. The van der Waals surface area contributed by atoms with E-state index in [2.05, 4.69) is 9.88 Å². The summed E-state index contributed by atoms with van der Waals surface area (Å²) in [6.07, 6.45) is 2.49. The topological polar surface area (TPSA) is 53.5 Å². The Kier molecular flexibility index (Phi) is 6.19. The van der Waals surface area contributed by atoms with Crippen LogP contribution in [0.3, 0.4) is 0 Å². The van der Waals surface area contributed by atoms with Crippen LogP contribution in [0.4, 0.5) is 0 Å². The average molecular weight is 372 g/mol. The maximum Gasteiger partial charge on any atom is 0.236 e. The zero-order valence-electron chi connectivity index (χ0n) is 15.1. The Balaban J connectivity index is 1.61. The molecule has 0 saturated carbocycles. The molecule has 0 radical (unpaired) electrons. The molecule has 1 aromatic heterocycles. The molecule has 0 amide bonds. The van der Waals surface area contributed by atoms with Crippen LogP contribution in [0.2, 0.25) is 0 Å². The second-order valence-electron chi connectivity index (χ2n) is 6.56. The summed E-state index contributed by atoms with van der Waals surface area (Å²) in [5.74, 6) is 0. The van der Waals surface area contributed by atoms with Crippen molar-refractivity contribution >= 4 is 16.1 Å². The van der Waals surface area contributed by atoms with Crippen LogP contribution in [0, 0.1) is 6.92 Å². The van der Waals surface area contributed by atoms with Crippen molar-refractivity contribution in [3.63, 3.8) is 0 Å². The van der Waals surface area contributed by atoms with Crippen molar-refractivity contribution in [3.8, 4) is 0 Å². The molecule has 0 aliphatic carbocycles. The van der Waals surface area contributed by atoms with Gasteiger partial charge in [-0.3, -0.25) is 9.88 Å². The van der Waals surface area contributed by atoms with Gasteiger partial charge in [-0.05, 0) is 43.7 Å². The number of rotatable bonds is 5. The van der Waals surface area contributed by atoms with Gasteiger partial charge < -0.3 is 0 Å². The summed E-state index contributed by atoms with van der Waals surface area (Å²) in [7, 11) is -3.40. The fraction of sp³-hybridized carbons (Fsp3) is 0.350. The van der Waals surface area contributed by atoms with Crippen LogP contribution in [0.15, 0.2) is 53.9 Å². The summed E-state index contributed by atoms with van der Waals surface area (Å²) in [6.45, 7) is 5.40. The minimum Gasteiger partial charge on any atom is -0.296 e. The van der Waals surface area contributed by atoms with Crippen molar-refractivity contribution in [2.24, 2.45) is 0 Å².